The fourth-order valence-electron chi connectivity index (χ4n) is 3.50. The van der Waals surface area contributed by atoms with Crippen LogP contribution in [0, 0.1) is 0 Å². The lowest BCUT2D eigenvalue weighted by Gasteiger charge is -2.34. The average Bonchev–Trinajstić information content (AvgIpc) is 2.68. The fraction of sp³-hybridized carbons (Fsp3) is 0.438. The van der Waals surface area contributed by atoms with Gasteiger partial charge in [-0.2, -0.15) is 0 Å². The van der Waals surface area contributed by atoms with Crippen LogP contribution in [-0.4, -0.2) is 48.3 Å². The Morgan fingerprint density at radius 3 is 2.73 bits per heavy atom. The van der Waals surface area contributed by atoms with Crippen LogP contribution in [0.25, 0.3) is 5.57 Å². The van der Waals surface area contributed by atoms with E-state index in [1.807, 2.05) is 13.1 Å². The predicted octanol–water partition coefficient (Wildman–Crippen LogP) is 2.76. The molecular formula is C16H17Cl2NO3. The van der Waals surface area contributed by atoms with Gasteiger partial charge in [-0.05, 0) is 43.2 Å². The number of nitrogens with zero attached hydrogens (tertiary/aromatic N) is 1. The number of carbonyl (C=O) groups is 1. The van der Waals surface area contributed by atoms with Crippen LogP contribution in [0.2, 0.25) is 10.0 Å². The van der Waals surface area contributed by atoms with E-state index in [9.17, 15) is 9.90 Å². The number of hydrogen-bond donors (Lipinski definition) is 1. The van der Waals surface area contributed by atoms with Crippen molar-refractivity contribution in [1.29, 1.82) is 0 Å². The van der Waals surface area contributed by atoms with Crippen molar-refractivity contribution in [3.8, 4) is 0 Å². The van der Waals surface area contributed by atoms with Crippen molar-refractivity contribution >= 4 is 34.7 Å². The lowest BCUT2D eigenvalue weighted by atomic mass is 9.88. The van der Waals surface area contributed by atoms with Crippen LogP contribution >= 0.6 is 23.2 Å². The molecule has 4 nitrogen and oxygen atoms in total. The molecule has 0 amide bonds. The predicted molar refractivity (Wildman–Crippen MR) is 86.0 cm³/mol. The standard InChI is InChI=1S/C16H17Cl2NO3/c1-19-12-6-9(8-3-4-10(17)11(18)5-8)15(16(21)22-2)13(19)7-14(12)20/h3-5,12-14,20H,6-7H2,1-2H3/t12-,13+,14-/m0/s1. The molecule has 2 aliphatic rings. The molecule has 1 N–H and O–H groups in total. The highest BCUT2D eigenvalue weighted by Crippen LogP contribution is 2.43. The van der Waals surface area contributed by atoms with Gasteiger partial charge in [0.05, 0.1) is 28.8 Å². The number of halogens is 2. The van der Waals surface area contributed by atoms with Crippen molar-refractivity contribution in [3.63, 3.8) is 0 Å². The molecule has 1 aromatic rings. The largest absolute Gasteiger partial charge is 0.466 e. The Kier molecular flexibility index (Phi) is 4.21. The van der Waals surface area contributed by atoms with E-state index in [2.05, 4.69) is 4.90 Å². The lowest BCUT2D eigenvalue weighted by Crippen LogP contribution is -2.42. The molecule has 3 rings (SSSR count). The zero-order valence-corrected chi connectivity index (χ0v) is 13.9. The monoisotopic (exact) mass is 341 g/mol. The first-order valence-electron chi connectivity index (χ1n) is 7.10. The number of carbonyl (C=O) groups excluding carboxylic acids is 1. The number of benzene rings is 1. The van der Waals surface area contributed by atoms with E-state index in [-0.39, 0.29) is 18.1 Å². The summed E-state index contributed by atoms with van der Waals surface area (Å²) in [5, 5.41) is 11.2. The van der Waals surface area contributed by atoms with E-state index in [0.717, 1.165) is 11.1 Å². The molecule has 0 saturated carbocycles. The zero-order valence-electron chi connectivity index (χ0n) is 12.3. The van der Waals surface area contributed by atoms with Gasteiger partial charge in [0.15, 0.2) is 0 Å². The van der Waals surface area contributed by atoms with Gasteiger partial charge in [0, 0.05) is 12.1 Å². The number of fused-ring (bicyclic) bond motifs is 2. The van der Waals surface area contributed by atoms with Gasteiger partial charge in [0.2, 0.25) is 0 Å². The second kappa shape index (κ2) is 5.85. The maximum atomic E-state index is 12.3. The van der Waals surface area contributed by atoms with Crippen molar-refractivity contribution in [3.05, 3.63) is 39.4 Å². The van der Waals surface area contributed by atoms with Crippen LogP contribution in [0.1, 0.15) is 18.4 Å². The van der Waals surface area contributed by atoms with Crippen molar-refractivity contribution < 1.29 is 14.6 Å². The highest BCUT2D eigenvalue weighted by atomic mass is 35.5. The molecular weight excluding hydrogens is 325 g/mol. The molecule has 0 aliphatic carbocycles. The van der Waals surface area contributed by atoms with Gasteiger partial charge in [-0.15, -0.1) is 0 Å². The van der Waals surface area contributed by atoms with E-state index in [1.165, 1.54) is 7.11 Å². The van der Waals surface area contributed by atoms with Crippen LogP contribution in [0.3, 0.4) is 0 Å². The summed E-state index contributed by atoms with van der Waals surface area (Å²) in [5.74, 6) is -0.356. The number of esters is 1. The Hall–Kier alpha value is -1.07. The second-order valence-electron chi connectivity index (χ2n) is 5.77. The molecule has 1 aromatic carbocycles. The molecule has 1 fully saturated rings. The van der Waals surface area contributed by atoms with Crippen molar-refractivity contribution in [1.82, 2.24) is 4.90 Å². The molecule has 118 valence electrons. The molecule has 2 bridgehead atoms. The summed E-state index contributed by atoms with van der Waals surface area (Å²) in [6.07, 6.45) is 0.669. The van der Waals surface area contributed by atoms with E-state index in [0.29, 0.717) is 28.5 Å². The summed E-state index contributed by atoms with van der Waals surface area (Å²) < 4.78 is 4.97. The highest BCUT2D eigenvalue weighted by molar-refractivity contribution is 6.42. The third-order valence-electron chi connectivity index (χ3n) is 4.67. The lowest BCUT2D eigenvalue weighted by molar-refractivity contribution is -0.136. The smallest absolute Gasteiger partial charge is 0.335 e. The number of likely N-dealkylation sites (N-methyl/N-ethyl adjacent to an activating group) is 1. The molecule has 2 aliphatic heterocycles. The minimum absolute atomic E-state index is 0.00265. The van der Waals surface area contributed by atoms with Gasteiger partial charge in [-0.1, -0.05) is 29.3 Å². The van der Waals surface area contributed by atoms with Gasteiger partial charge in [0.25, 0.3) is 0 Å². The molecule has 0 aromatic heterocycles. The SMILES string of the molecule is COC(=O)C1=C(c2ccc(Cl)c(Cl)c2)C[C@H]2[C@@H](O)C[C@H]1N2C. The molecule has 6 heteroatoms. The first-order chi connectivity index (χ1) is 10.4. The maximum Gasteiger partial charge on any atom is 0.335 e. The number of rotatable bonds is 2. The maximum absolute atomic E-state index is 12.3. The van der Waals surface area contributed by atoms with E-state index >= 15 is 0 Å². The van der Waals surface area contributed by atoms with Gasteiger partial charge < -0.3 is 9.84 Å². The van der Waals surface area contributed by atoms with Gasteiger partial charge >= 0.3 is 5.97 Å². The van der Waals surface area contributed by atoms with Crippen molar-refractivity contribution in [2.75, 3.05) is 14.2 Å². The number of aliphatic hydroxyl groups excluding tert-OH is 1. The third kappa shape index (κ3) is 2.44. The van der Waals surface area contributed by atoms with Crippen LogP contribution < -0.4 is 0 Å². The Balaban J connectivity index is 2.14. The van der Waals surface area contributed by atoms with Crippen molar-refractivity contribution in [2.24, 2.45) is 0 Å². The van der Waals surface area contributed by atoms with Crippen LogP contribution in [0.15, 0.2) is 23.8 Å². The minimum Gasteiger partial charge on any atom is -0.466 e. The number of hydrogen-bond acceptors (Lipinski definition) is 4. The molecule has 0 radical (unpaired) electrons. The summed E-state index contributed by atoms with van der Waals surface area (Å²) in [6.45, 7) is 0. The fourth-order valence-corrected chi connectivity index (χ4v) is 3.80. The van der Waals surface area contributed by atoms with Crippen LogP contribution in [0.4, 0.5) is 0 Å². The summed E-state index contributed by atoms with van der Waals surface area (Å²) in [6, 6.07) is 5.20. The molecule has 1 saturated heterocycles. The van der Waals surface area contributed by atoms with Gasteiger partial charge in [0.1, 0.15) is 0 Å². The summed E-state index contributed by atoms with van der Waals surface area (Å²) in [4.78, 5) is 14.3. The topological polar surface area (TPSA) is 49.8 Å². The minimum atomic E-state index is -0.449. The Morgan fingerprint density at radius 2 is 2.09 bits per heavy atom. The molecule has 2 heterocycles. The van der Waals surface area contributed by atoms with Gasteiger partial charge in [-0.3, -0.25) is 4.90 Å². The molecule has 0 unspecified atom stereocenters. The first kappa shape index (κ1) is 15.8. The second-order valence-corrected chi connectivity index (χ2v) is 6.58. The van der Waals surface area contributed by atoms with E-state index in [4.69, 9.17) is 27.9 Å². The summed E-state index contributed by atoms with van der Waals surface area (Å²) in [5.41, 5.74) is 2.35. The van der Waals surface area contributed by atoms with E-state index < -0.39 is 6.10 Å². The summed E-state index contributed by atoms with van der Waals surface area (Å²) >= 11 is 12.1. The number of aliphatic hydroxyl groups is 1. The number of methoxy groups -OCH3 is 1. The first-order valence-corrected chi connectivity index (χ1v) is 7.86. The highest BCUT2D eigenvalue weighted by Gasteiger charge is 2.47. The Bertz CT molecular complexity index is 659. The quantitative estimate of drug-likeness (QED) is 0.840. The van der Waals surface area contributed by atoms with Crippen LogP contribution in [-0.2, 0) is 9.53 Å². The summed E-state index contributed by atoms with van der Waals surface area (Å²) in [7, 11) is 3.30. The van der Waals surface area contributed by atoms with E-state index in [1.54, 1.807) is 12.1 Å². The van der Waals surface area contributed by atoms with Crippen molar-refractivity contribution in [2.45, 2.75) is 31.0 Å². The Morgan fingerprint density at radius 1 is 1.36 bits per heavy atom. The molecule has 0 spiro atoms. The number of ether oxygens (including phenoxy) is 1. The van der Waals surface area contributed by atoms with Gasteiger partial charge in [-0.25, -0.2) is 4.79 Å². The molecule has 3 atom stereocenters. The zero-order chi connectivity index (χ0) is 16.0. The average molecular weight is 342 g/mol. The Labute approximate surface area is 139 Å². The normalized spacial score (nSPS) is 28.1. The van der Waals surface area contributed by atoms with Crippen LogP contribution in [0.5, 0.6) is 0 Å². The third-order valence-corrected chi connectivity index (χ3v) is 5.41. The molecule has 22 heavy (non-hydrogen) atoms.